The molecule has 3 N–H and O–H groups in total. The van der Waals surface area contributed by atoms with E-state index >= 15 is 0 Å². The maximum Gasteiger partial charge on any atom is 0.335 e. The highest BCUT2D eigenvalue weighted by Crippen LogP contribution is 2.35. The Balaban J connectivity index is 2.16. The molecule has 1 aliphatic rings. The second kappa shape index (κ2) is 4.78. The Bertz CT molecular complexity index is 400. The third kappa shape index (κ3) is 2.70. The number of hydrogen-bond donors (Lipinski definition) is 2. The molecule has 0 heterocycles. The molecular weight excluding hydrogens is 222 g/mol. The van der Waals surface area contributed by atoms with Gasteiger partial charge in [-0.2, -0.15) is 0 Å². The third-order valence-corrected chi connectivity index (χ3v) is 4.09. The molecular formula is C12H15NO2S. The van der Waals surface area contributed by atoms with Crippen molar-refractivity contribution in [1.29, 1.82) is 0 Å². The Morgan fingerprint density at radius 1 is 1.31 bits per heavy atom. The summed E-state index contributed by atoms with van der Waals surface area (Å²) in [5.74, 6) is -0.916. The molecule has 86 valence electrons. The summed E-state index contributed by atoms with van der Waals surface area (Å²) in [6, 6.07) is 5.07. The fourth-order valence-electron chi connectivity index (χ4n) is 2.01. The molecule has 3 nitrogen and oxygen atoms in total. The lowest BCUT2D eigenvalue weighted by molar-refractivity contribution is 0.0696. The first-order valence-corrected chi connectivity index (χ1v) is 6.33. The summed E-state index contributed by atoms with van der Waals surface area (Å²) < 4.78 is 0. The summed E-state index contributed by atoms with van der Waals surface area (Å²) in [6.07, 6.45) is 5.02. The van der Waals surface area contributed by atoms with Crippen molar-refractivity contribution < 1.29 is 9.90 Å². The van der Waals surface area contributed by atoms with Crippen LogP contribution >= 0.6 is 11.8 Å². The van der Waals surface area contributed by atoms with Crippen molar-refractivity contribution in [2.24, 2.45) is 0 Å². The Kier molecular flexibility index (Phi) is 3.39. The number of rotatable bonds is 3. The molecule has 2 rings (SSSR count). The van der Waals surface area contributed by atoms with E-state index in [0.29, 0.717) is 10.9 Å². The van der Waals surface area contributed by atoms with Crippen LogP contribution in [0.1, 0.15) is 36.0 Å². The van der Waals surface area contributed by atoms with Gasteiger partial charge in [0.15, 0.2) is 0 Å². The van der Waals surface area contributed by atoms with E-state index in [9.17, 15) is 4.79 Å². The van der Waals surface area contributed by atoms with Crippen molar-refractivity contribution in [3.05, 3.63) is 23.8 Å². The minimum Gasteiger partial charge on any atom is -0.478 e. The second-order valence-corrected chi connectivity index (χ2v) is 5.49. The summed E-state index contributed by atoms with van der Waals surface area (Å²) in [4.78, 5) is 11.9. The van der Waals surface area contributed by atoms with Crippen LogP contribution in [0, 0.1) is 0 Å². The van der Waals surface area contributed by atoms with Gasteiger partial charge in [0.2, 0.25) is 0 Å². The molecule has 0 atom stereocenters. The number of carbonyl (C=O) groups is 1. The number of nitrogen functional groups attached to an aromatic ring is 1. The summed E-state index contributed by atoms with van der Waals surface area (Å²) in [7, 11) is 0. The van der Waals surface area contributed by atoms with E-state index in [0.717, 1.165) is 4.90 Å². The fourth-order valence-corrected chi connectivity index (χ4v) is 3.37. The van der Waals surface area contributed by atoms with Crippen molar-refractivity contribution in [1.82, 2.24) is 0 Å². The number of anilines is 1. The maximum atomic E-state index is 10.9. The first-order valence-electron chi connectivity index (χ1n) is 5.45. The zero-order valence-corrected chi connectivity index (χ0v) is 9.80. The van der Waals surface area contributed by atoms with Crippen LogP contribution in [-0.2, 0) is 0 Å². The zero-order valence-electron chi connectivity index (χ0n) is 8.98. The van der Waals surface area contributed by atoms with Crippen molar-refractivity contribution in [3.8, 4) is 0 Å². The highest BCUT2D eigenvalue weighted by Gasteiger charge is 2.17. The quantitative estimate of drug-likeness (QED) is 0.793. The Hall–Kier alpha value is -1.16. The van der Waals surface area contributed by atoms with Crippen LogP contribution in [-0.4, -0.2) is 16.3 Å². The van der Waals surface area contributed by atoms with Crippen molar-refractivity contribution in [2.45, 2.75) is 35.8 Å². The van der Waals surface area contributed by atoms with Crippen LogP contribution < -0.4 is 5.73 Å². The lowest BCUT2D eigenvalue weighted by atomic mass is 10.2. The topological polar surface area (TPSA) is 63.3 Å². The van der Waals surface area contributed by atoms with Crippen LogP contribution in [0.15, 0.2) is 23.1 Å². The molecule has 0 aliphatic heterocycles. The van der Waals surface area contributed by atoms with Gasteiger partial charge in [0.1, 0.15) is 0 Å². The van der Waals surface area contributed by atoms with Gasteiger partial charge in [-0.25, -0.2) is 4.79 Å². The smallest absolute Gasteiger partial charge is 0.335 e. The third-order valence-electron chi connectivity index (χ3n) is 2.78. The summed E-state index contributed by atoms with van der Waals surface area (Å²) in [5, 5.41) is 9.56. The minimum atomic E-state index is -0.916. The second-order valence-electron chi connectivity index (χ2n) is 4.12. The number of nitrogens with two attached hydrogens (primary N) is 1. The van der Waals surface area contributed by atoms with E-state index in [1.807, 2.05) is 6.07 Å². The molecule has 1 aliphatic carbocycles. The molecule has 1 fully saturated rings. The lowest BCUT2D eigenvalue weighted by Crippen LogP contribution is -2.00. The van der Waals surface area contributed by atoms with E-state index in [1.165, 1.54) is 31.7 Å². The van der Waals surface area contributed by atoms with Gasteiger partial charge in [-0.05, 0) is 31.0 Å². The average molecular weight is 237 g/mol. The highest BCUT2D eigenvalue weighted by atomic mass is 32.2. The van der Waals surface area contributed by atoms with E-state index in [2.05, 4.69) is 0 Å². The first kappa shape index (κ1) is 11.3. The van der Waals surface area contributed by atoms with E-state index in [1.54, 1.807) is 17.8 Å². The summed E-state index contributed by atoms with van der Waals surface area (Å²) in [6.45, 7) is 0. The number of carboxylic acid groups (broad SMARTS) is 1. The van der Waals surface area contributed by atoms with Crippen molar-refractivity contribution in [2.75, 3.05) is 5.73 Å². The number of hydrogen-bond acceptors (Lipinski definition) is 3. The van der Waals surface area contributed by atoms with Crippen LogP contribution in [0.4, 0.5) is 5.69 Å². The van der Waals surface area contributed by atoms with Gasteiger partial charge in [-0.1, -0.05) is 12.8 Å². The lowest BCUT2D eigenvalue weighted by Gasteiger charge is -2.09. The molecule has 0 bridgehead atoms. The Morgan fingerprint density at radius 2 is 2.00 bits per heavy atom. The van der Waals surface area contributed by atoms with Gasteiger partial charge in [0, 0.05) is 15.8 Å². The fraction of sp³-hybridized carbons (Fsp3) is 0.417. The largest absolute Gasteiger partial charge is 0.478 e. The summed E-state index contributed by atoms with van der Waals surface area (Å²) in [5.41, 5.74) is 6.50. The van der Waals surface area contributed by atoms with Gasteiger partial charge in [0.25, 0.3) is 0 Å². The predicted molar refractivity (Wildman–Crippen MR) is 65.9 cm³/mol. The molecule has 0 aromatic heterocycles. The molecule has 0 spiro atoms. The monoisotopic (exact) mass is 237 g/mol. The van der Waals surface area contributed by atoms with Gasteiger partial charge in [-0.3, -0.25) is 0 Å². The summed E-state index contributed by atoms with van der Waals surface area (Å²) >= 11 is 1.75. The molecule has 0 radical (unpaired) electrons. The minimum absolute atomic E-state index is 0.278. The number of aromatic carboxylic acids is 1. The van der Waals surface area contributed by atoms with Crippen LogP contribution in [0.25, 0.3) is 0 Å². The molecule has 0 saturated heterocycles. The normalized spacial score (nSPS) is 16.5. The average Bonchev–Trinajstić information content (AvgIpc) is 2.69. The Morgan fingerprint density at radius 3 is 2.62 bits per heavy atom. The molecule has 1 aromatic rings. The van der Waals surface area contributed by atoms with E-state index < -0.39 is 5.97 Å². The molecule has 16 heavy (non-hydrogen) atoms. The van der Waals surface area contributed by atoms with Crippen molar-refractivity contribution >= 4 is 23.4 Å². The zero-order chi connectivity index (χ0) is 11.5. The first-order chi connectivity index (χ1) is 7.65. The number of thioether (sulfide) groups is 1. The maximum absolute atomic E-state index is 10.9. The Labute approximate surface area is 99.0 Å². The standard InChI is InChI=1S/C12H15NO2S/c13-9-5-8(12(14)15)6-11(7-9)16-10-3-1-2-4-10/h5-7,10H,1-4,13H2,(H,14,15). The molecule has 4 heteroatoms. The number of benzene rings is 1. The predicted octanol–water partition coefficient (Wildman–Crippen LogP) is 3.00. The van der Waals surface area contributed by atoms with E-state index in [4.69, 9.17) is 10.8 Å². The molecule has 0 unspecified atom stereocenters. The van der Waals surface area contributed by atoms with Gasteiger partial charge >= 0.3 is 5.97 Å². The van der Waals surface area contributed by atoms with Gasteiger partial charge in [0.05, 0.1) is 5.56 Å². The number of carboxylic acids is 1. The van der Waals surface area contributed by atoms with E-state index in [-0.39, 0.29) is 5.56 Å². The molecule has 1 saturated carbocycles. The van der Waals surface area contributed by atoms with Crippen LogP contribution in [0.5, 0.6) is 0 Å². The van der Waals surface area contributed by atoms with Crippen molar-refractivity contribution in [3.63, 3.8) is 0 Å². The van der Waals surface area contributed by atoms with Gasteiger partial charge < -0.3 is 10.8 Å². The van der Waals surface area contributed by atoms with Crippen LogP contribution in [0.3, 0.4) is 0 Å². The molecule has 0 amide bonds. The highest BCUT2D eigenvalue weighted by molar-refractivity contribution is 8.00. The van der Waals surface area contributed by atoms with Crippen LogP contribution in [0.2, 0.25) is 0 Å². The SMILES string of the molecule is Nc1cc(SC2CCCC2)cc(C(=O)O)c1. The molecule has 1 aromatic carbocycles. The van der Waals surface area contributed by atoms with Gasteiger partial charge in [-0.15, -0.1) is 11.8 Å².